The molecule has 1 N–H and O–H groups in total. The van der Waals surface area contributed by atoms with E-state index in [2.05, 4.69) is 20.8 Å². The number of aliphatic hydroxyl groups excluding tert-OH is 1. The van der Waals surface area contributed by atoms with Crippen LogP contribution in [0, 0.1) is 11.3 Å². The smallest absolute Gasteiger partial charge is 0.119 e. The molecule has 1 aromatic carbocycles. The maximum atomic E-state index is 10.2. The Kier molecular flexibility index (Phi) is 3.43. The van der Waals surface area contributed by atoms with E-state index in [0.717, 1.165) is 30.8 Å². The second kappa shape index (κ2) is 4.69. The number of ether oxygens (including phenoxy) is 1. The molecule has 94 valence electrons. The maximum absolute atomic E-state index is 10.2. The molecule has 17 heavy (non-hydrogen) atoms. The fourth-order valence-electron chi connectivity index (χ4n) is 2.26. The molecule has 1 fully saturated rings. The van der Waals surface area contributed by atoms with Crippen molar-refractivity contribution in [3.05, 3.63) is 29.8 Å². The van der Waals surface area contributed by atoms with Crippen LogP contribution in [-0.2, 0) is 0 Å². The van der Waals surface area contributed by atoms with Gasteiger partial charge in [-0.2, -0.15) is 0 Å². The van der Waals surface area contributed by atoms with E-state index in [4.69, 9.17) is 4.74 Å². The summed E-state index contributed by atoms with van der Waals surface area (Å²) < 4.78 is 5.53. The summed E-state index contributed by atoms with van der Waals surface area (Å²) in [5.74, 6) is 1.29. The highest BCUT2D eigenvalue weighted by atomic mass is 16.5. The zero-order valence-electron chi connectivity index (χ0n) is 10.9. The van der Waals surface area contributed by atoms with E-state index in [1.165, 1.54) is 0 Å². The van der Waals surface area contributed by atoms with Crippen molar-refractivity contribution in [3.63, 3.8) is 0 Å². The minimum Gasteiger partial charge on any atom is -0.494 e. The Hall–Kier alpha value is -1.02. The minimum absolute atomic E-state index is 0.302. The van der Waals surface area contributed by atoms with Crippen LogP contribution in [-0.4, -0.2) is 11.7 Å². The number of benzene rings is 1. The molecule has 2 rings (SSSR count). The van der Waals surface area contributed by atoms with Crippen LogP contribution in [0.25, 0.3) is 0 Å². The van der Waals surface area contributed by atoms with Crippen molar-refractivity contribution < 1.29 is 9.84 Å². The summed E-state index contributed by atoms with van der Waals surface area (Å²) in [6.07, 6.45) is 1.80. The van der Waals surface area contributed by atoms with E-state index >= 15 is 0 Å². The molecule has 0 heterocycles. The lowest BCUT2D eigenvalue weighted by Crippen LogP contribution is -2.04. The number of aliphatic hydroxyl groups is 1. The Balaban J connectivity index is 1.98. The first-order valence-corrected chi connectivity index (χ1v) is 6.45. The van der Waals surface area contributed by atoms with E-state index in [-0.39, 0.29) is 6.10 Å². The fourth-order valence-corrected chi connectivity index (χ4v) is 2.26. The molecule has 1 aliphatic carbocycles. The van der Waals surface area contributed by atoms with Crippen LogP contribution in [0.2, 0.25) is 0 Å². The molecule has 0 spiro atoms. The summed E-state index contributed by atoms with van der Waals surface area (Å²) in [6.45, 7) is 7.25. The predicted octanol–water partition coefficient (Wildman–Crippen LogP) is 3.55. The number of hydrogen-bond acceptors (Lipinski definition) is 2. The van der Waals surface area contributed by atoms with Gasteiger partial charge in [0.1, 0.15) is 5.75 Å². The van der Waals surface area contributed by atoms with Gasteiger partial charge in [-0.15, -0.1) is 0 Å². The monoisotopic (exact) mass is 234 g/mol. The standard InChI is InChI=1S/C15H22O2/c1-4-9-17-12-7-5-11(6-8-12)14(16)13-10-15(13,2)3/h5-8,13-14,16H,4,9-10H2,1-3H3. The Morgan fingerprint density at radius 1 is 1.35 bits per heavy atom. The molecule has 2 heteroatoms. The molecule has 2 atom stereocenters. The van der Waals surface area contributed by atoms with E-state index in [1.54, 1.807) is 0 Å². The van der Waals surface area contributed by atoms with Crippen LogP contribution >= 0.6 is 0 Å². The molecule has 1 aliphatic rings. The Morgan fingerprint density at radius 3 is 2.41 bits per heavy atom. The topological polar surface area (TPSA) is 29.5 Å². The highest BCUT2D eigenvalue weighted by Crippen LogP contribution is 2.57. The third kappa shape index (κ3) is 2.81. The maximum Gasteiger partial charge on any atom is 0.119 e. The summed E-state index contributed by atoms with van der Waals surface area (Å²) in [6, 6.07) is 7.85. The minimum atomic E-state index is -0.328. The van der Waals surface area contributed by atoms with E-state index in [9.17, 15) is 5.11 Å². The molecule has 0 aliphatic heterocycles. The van der Waals surface area contributed by atoms with Crippen molar-refractivity contribution >= 4 is 0 Å². The van der Waals surface area contributed by atoms with Gasteiger partial charge in [0.05, 0.1) is 12.7 Å². The van der Waals surface area contributed by atoms with Crippen molar-refractivity contribution in [2.75, 3.05) is 6.61 Å². The van der Waals surface area contributed by atoms with Crippen molar-refractivity contribution in [1.82, 2.24) is 0 Å². The van der Waals surface area contributed by atoms with Gasteiger partial charge in [0.2, 0.25) is 0 Å². The third-order valence-electron chi connectivity index (χ3n) is 3.67. The van der Waals surface area contributed by atoms with Gasteiger partial charge in [-0.3, -0.25) is 0 Å². The average molecular weight is 234 g/mol. The van der Waals surface area contributed by atoms with E-state index in [1.807, 2.05) is 24.3 Å². The Bertz CT molecular complexity index is 367. The lowest BCUT2D eigenvalue weighted by atomic mass is 10.00. The summed E-state index contributed by atoms with van der Waals surface area (Å²) in [5, 5.41) is 10.2. The number of rotatable bonds is 5. The second-order valence-electron chi connectivity index (χ2n) is 5.66. The van der Waals surface area contributed by atoms with E-state index < -0.39 is 0 Å². The lowest BCUT2D eigenvalue weighted by Gasteiger charge is -2.13. The zero-order valence-corrected chi connectivity index (χ0v) is 10.9. The molecule has 0 saturated heterocycles. The molecule has 2 unspecified atom stereocenters. The SMILES string of the molecule is CCCOc1ccc(C(O)C2CC2(C)C)cc1. The molecule has 0 bridgehead atoms. The highest BCUT2D eigenvalue weighted by Gasteiger charge is 2.50. The molecular weight excluding hydrogens is 212 g/mol. The van der Waals surface area contributed by atoms with Crippen molar-refractivity contribution in [2.24, 2.45) is 11.3 Å². The molecule has 1 saturated carbocycles. The van der Waals surface area contributed by atoms with Gasteiger partial charge in [-0.25, -0.2) is 0 Å². The predicted molar refractivity (Wildman–Crippen MR) is 69.1 cm³/mol. The van der Waals surface area contributed by atoms with Crippen LogP contribution in [0.1, 0.15) is 45.3 Å². The Labute approximate surface area is 104 Å². The van der Waals surface area contributed by atoms with Crippen LogP contribution in [0.4, 0.5) is 0 Å². The summed E-state index contributed by atoms with van der Waals surface area (Å²) in [7, 11) is 0. The molecule has 0 aromatic heterocycles. The van der Waals surface area contributed by atoms with Crippen molar-refractivity contribution in [1.29, 1.82) is 0 Å². The molecule has 0 radical (unpaired) electrons. The third-order valence-corrected chi connectivity index (χ3v) is 3.67. The summed E-state index contributed by atoms with van der Waals surface area (Å²) in [5.41, 5.74) is 1.31. The second-order valence-corrected chi connectivity index (χ2v) is 5.66. The molecule has 2 nitrogen and oxygen atoms in total. The lowest BCUT2D eigenvalue weighted by molar-refractivity contribution is 0.138. The highest BCUT2D eigenvalue weighted by molar-refractivity contribution is 5.30. The first-order valence-electron chi connectivity index (χ1n) is 6.45. The first-order chi connectivity index (χ1) is 8.04. The van der Waals surface area contributed by atoms with Gasteiger partial charge in [0.25, 0.3) is 0 Å². The zero-order chi connectivity index (χ0) is 12.5. The quantitative estimate of drug-likeness (QED) is 0.844. The Morgan fingerprint density at radius 2 is 1.94 bits per heavy atom. The van der Waals surface area contributed by atoms with Gasteiger partial charge < -0.3 is 9.84 Å². The fraction of sp³-hybridized carbons (Fsp3) is 0.600. The molecule has 0 amide bonds. The van der Waals surface area contributed by atoms with Gasteiger partial charge in [-0.05, 0) is 41.9 Å². The van der Waals surface area contributed by atoms with Gasteiger partial charge in [-0.1, -0.05) is 32.9 Å². The van der Waals surface area contributed by atoms with Gasteiger partial charge >= 0.3 is 0 Å². The molecule has 1 aromatic rings. The largest absolute Gasteiger partial charge is 0.494 e. The van der Waals surface area contributed by atoms with Crippen molar-refractivity contribution in [3.8, 4) is 5.75 Å². The van der Waals surface area contributed by atoms with Crippen LogP contribution < -0.4 is 4.74 Å². The molecular formula is C15H22O2. The van der Waals surface area contributed by atoms with Crippen LogP contribution in [0.5, 0.6) is 5.75 Å². The van der Waals surface area contributed by atoms with Crippen molar-refractivity contribution in [2.45, 2.75) is 39.7 Å². The van der Waals surface area contributed by atoms with Gasteiger partial charge in [0.15, 0.2) is 0 Å². The normalized spacial score (nSPS) is 23.2. The summed E-state index contributed by atoms with van der Waals surface area (Å²) >= 11 is 0. The average Bonchev–Trinajstić information content (AvgIpc) is 2.95. The van der Waals surface area contributed by atoms with Crippen LogP contribution in [0.3, 0.4) is 0 Å². The number of hydrogen-bond donors (Lipinski definition) is 1. The van der Waals surface area contributed by atoms with Crippen LogP contribution in [0.15, 0.2) is 24.3 Å². The summed E-state index contributed by atoms with van der Waals surface area (Å²) in [4.78, 5) is 0. The van der Waals surface area contributed by atoms with Gasteiger partial charge in [0, 0.05) is 0 Å². The first kappa shape index (κ1) is 12.4. The van der Waals surface area contributed by atoms with E-state index in [0.29, 0.717) is 11.3 Å².